The van der Waals surface area contributed by atoms with Crippen molar-refractivity contribution < 1.29 is 13.2 Å². The van der Waals surface area contributed by atoms with Crippen LogP contribution in [0.4, 0.5) is 11.5 Å². The van der Waals surface area contributed by atoms with E-state index in [1.165, 1.54) is 16.6 Å². The highest BCUT2D eigenvalue weighted by atomic mass is 35.5. The predicted octanol–water partition coefficient (Wildman–Crippen LogP) is 4.29. The maximum atomic E-state index is 13.4. The fourth-order valence-corrected chi connectivity index (χ4v) is 6.19. The van der Waals surface area contributed by atoms with Crippen molar-refractivity contribution in [1.29, 1.82) is 0 Å². The molecule has 3 heterocycles. The van der Waals surface area contributed by atoms with Crippen LogP contribution in [0.1, 0.15) is 17.3 Å². The average molecular weight is 547 g/mol. The van der Waals surface area contributed by atoms with Crippen LogP contribution >= 0.6 is 11.6 Å². The van der Waals surface area contributed by atoms with Crippen molar-refractivity contribution in [3.63, 3.8) is 0 Å². The minimum atomic E-state index is -3.93. The highest BCUT2D eigenvalue weighted by molar-refractivity contribution is 7.91. The Balaban J connectivity index is 1.39. The Kier molecular flexibility index (Phi) is 6.00. The summed E-state index contributed by atoms with van der Waals surface area (Å²) in [4.78, 5) is 20.9. The first-order chi connectivity index (χ1) is 18.3. The van der Waals surface area contributed by atoms with Crippen LogP contribution < -0.4 is 9.80 Å². The molecule has 5 aromatic rings. The zero-order valence-corrected chi connectivity index (χ0v) is 22.0. The Morgan fingerprint density at radius 1 is 0.895 bits per heavy atom. The van der Waals surface area contributed by atoms with E-state index in [4.69, 9.17) is 16.6 Å². The second-order valence-electron chi connectivity index (χ2n) is 9.12. The molecule has 0 unspecified atom stereocenters. The van der Waals surface area contributed by atoms with Crippen molar-refractivity contribution in [1.82, 2.24) is 19.8 Å². The maximum Gasteiger partial charge on any atom is 0.229 e. The number of Topliss-reactive ketones (excluding diaryl/α,β-unsaturated/α-hetero) is 1. The minimum absolute atomic E-state index is 0.0383. The molecule has 1 fully saturated rings. The number of sulfone groups is 1. The molecule has 38 heavy (non-hydrogen) atoms. The fraction of sp³-hybridized carbons (Fsp3) is 0.185. The van der Waals surface area contributed by atoms with Crippen LogP contribution in [0.25, 0.3) is 16.6 Å². The summed E-state index contributed by atoms with van der Waals surface area (Å²) in [6.07, 6.45) is 0. The van der Waals surface area contributed by atoms with E-state index in [1.807, 2.05) is 30.3 Å². The summed E-state index contributed by atoms with van der Waals surface area (Å²) in [5, 5.41) is 9.32. The van der Waals surface area contributed by atoms with Crippen LogP contribution in [-0.2, 0) is 9.84 Å². The molecule has 1 aliphatic heterocycles. The molecule has 192 valence electrons. The van der Waals surface area contributed by atoms with Gasteiger partial charge in [0, 0.05) is 47.8 Å². The zero-order valence-electron chi connectivity index (χ0n) is 20.5. The number of piperazine rings is 1. The number of carbonyl (C=O) groups excluding carboxylic acids is 1. The number of anilines is 2. The van der Waals surface area contributed by atoms with E-state index in [0.717, 1.165) is 24.2 Å². The van der Waals surface area contributed by atoms with E-state index < -0.39 is 9.84 Å². The molecule has 6 rings (SSSR count). The van der Waals surface area contributed by atoms with Gasteiger partial charge in [-0.25, -0.2) is 13.4 Å². The highest BCUT2D eigenvalue weighted by Gasteiger charge is 2.29. The van der Waals surface area contributed by atoms with Gasteiger partial charge in [0.05, 0.1) is 10.4 Å². The Morgan fingerprint density at radius 2 is 1.58 bits per heavy atom. The minimum Gasteiger partial charge on any atom is -0.368 e. The lowest BCUT2D eigenvalue weighted by Gasteiger charge is -2.37. The summed E-state index contributed by atoms with van der Waals surface area (Å²) < 4.78 is 28.3. The third-order valence-corrected chi connectivity index (χ3v) is 8.68. The molecule has 2 aromatic heterocycles. The number of halogens is 1. The van der Waals surface area contributed by atoms with Gasteiger partial charge >= 0.3 is 0 Å². The van der Waals surface area contributed by atoms with Crippen molar-refractivity contribution in [2.45, 2.75) is 16.8 Å². The molecule has 9 nitrogen and oxygen atoms in total. The number of nitrogens with zero attached hydrogens (tertiary/aromatic N) is 6. The van der Waals surface area contributed by atoms with Gasteiger partial charge in [-0.2, -0.15) is 4.52 Å². The van der Waals surface area contributed by atoms with Crippen LogP contribution in [0.5, 0.6) is 0 Å². The summed E-state index contributed by atoms with van der Waals surface area (Å²) in [5.74, 6) is 0.671. The van der Waals surface area contributed by atoms with Crippen LogP contribution in [0.3, 0.4) is 0 Å². The van der Waals surface area contributed by atoms with Crippen molar-refractivity contribution in [2.75, 3.05) is 36.0 Å². The zero-order chi connectivity index (χ0) is 26.4. The quantitative estimate of drug-likeness (QED) is 0.301. The number of aromatic nitrogens is 4. The number of ketones is 1. The van der Waals surface area contributed by atoms with Gasteiger partial charge in [-0.15, -0.1) is 5.10 Å². The van der Waals surface area contributed by atoms with Gasteiger partial charge < -0.3 is 9.80 Å². The molecular formula is C27H23ClN6O3S. The lowest BCUT2D eigenvalue weighted by Crippen LogP contribution is -2.47. The molecule has 0 amide bonds. The second-order valence-corrected chi connectivity index (χ2v) is 11.4. The van der Waals surface area contributed by atoms with Crippen molar-refractivity contribution in [3.05, 3.63) is 83.4 Å². The number of carbonyl (C=O) groups is 1. The molecule has 0 bridgehead atoms. The van der Waals surface area contributed by atoms with E-state index in [-0.39, 0.29) is 21.4 Å². The summed E-state index contributed by atoms with van der Waals surface area (Å²) in [7, 11) is -3.93. The van der Waals surface area contributed by atoms with Gasteiger partial charge in [-0.05, 0) is 61.5 Å². The molecule has 0 saturated carbocycles. The smallest absolute Gasteiger partial charge is 0.229 e. The summed E-state index contributed by atoms with van der Waals surface area (Å²) in [5.41, 5.74) is 2.56. The Labute approximate surface area is 224 Å². The topological polar surface area (TPSA) is 101 Å². The molecule has 3 aromatic carbocycles. The fourth-order valence-electron chi connectivity index (χ4n) is 4.76. The molecule has 0 atom stereocenters. The lowest BCUT2D eigenvalue weighted by molar-refractivity contribution is 0.101. The number of benzene rings is 3. The lowest BCUT2D eigenvalue weighted by atomic mass is 10.1. The van der Waals surface area contributed by atoms with Crippen LogP contribution in [0.15, 0.2) is 82.7 Å². The van der Waals surface area contributed by atoms with Crippen LogP contribution in [0, 0.1) is 0 Å². The van der Waals surface area contributed by atoms with Gasteiger partial charge in [-0.3, -0.25) is 4.79 Å². The van der Waals surface area contributed by atoms with Crippen molar-refractivity contribution in [3.8, 4) is 0 Å². The monoisotopic (exact) mass is 546 g/mol. The molecule has 1 aliphatic rings. The Morgan fingerprint density at radius 3 is 2.26 bits per heavy atom. The van der Waals surface area contributed by atoms with E-state index in [9.17, 15) is 13.2 Å². The number of hydrogen-bond acceptors (Lipinski definition) is 8. The van der Waals surface area contributed by atoms with Crippen molar-refractivity contribution in [2.24, 2.45) is 0 Å². The highest BCUT2D eigenvalue weighted by Crippen LogP contribution is 2.32. The normalized spacial score (nSPS) is 14.4. The molecule has 0 aliphatic carbocycles. The number of hydrogen-bond donors (Lipinski definition) is 0. The van der Waals surface area contributed by atoms with Gasteiger partial charge in [-0.1, -0.05) is 35.0 Å². The maximum absolute atomic E-state index is 13.4. The standard InChI is InChI=1S/C27H23ClN6O3S/c1-18(35)19-7-10-21(11-8-19)32-13-15-33(16-14-32)25-23-17-20(28)9-12-24(23)34-26(29-25)27(30-31-34)38(36,37)22-5-3-2-4-6-22/h2-12,17H,13-16H2,1H3. The number of fused-ring (bicyclic) bond motifs is 3. The SMILES string of the molecule is CC(=O)c1ccc(N2CCN(c3nc4c(S(=O)(=O)c5ccccc5)nnn4c4ccc(Cl)cc34)CC2)cc1. The molecule has 0 radical (unpaired) electrons. The van der Waals surface area contributed by atoms with E-state index in [1.54, 1.807) is 37.3 Å². The molecule has 11 heteroatoms. The third kappa shape index (κ3) is 4.15. The molecule has 0 spiro atoms. The Hall–Kier alpha value is -4.02. The van der Waals surface area contributed by atoms with Gasteiger partial charge in [0.1, 0.15) is 5.82 Å². The largest absolute Gasteiger partial charge is 0.368 e. The Bertz CT molecular complexity index is 1780. The van der Waals surface area contributed by atoms with Gasteiger partial charge in [0.2, 0.25) is 14.9 Å². The van der Waals surface area contributed by atoms with Gasteiger partial charge in [0.15, 0.2) is 11.4 Å². The van der Waals surface area contributed by atoms with Crippen molar-refractivity contribution >= 4 is 55.3 Å². The third-order valence-electron chi connectivity index (χ3n) is 6.78. The van der Waals surface area contributed by atoms with Crippen LogP contribution in [-0.4, -0.2) is 60.2 Å². The first kappa shape index (κ1) is 24.3. The van der Waals surface area contributed by atoms with E-state index in [2.05, 4.69) is 20.1 Å². The predicted molar refractivity (Wildman–Crippen MR) is 146 cm³/mol. The molecular weight excluding hydrogens is 524 g/mol. The van der Waals surface area contributed by atoms with Gasteiger partial charge in [0.25, 0.3) is 0 Å². The van der Waals surface area contributed by atoms with E-state index in [0.29, 0.717) is 35.0 Å². The molecule has 0 N–H and O–H groups in total. The van der Waals surface area contributed by atoms with E-state index >= 15 is 0 Å². The average Bonchev–Trinajstić information content (AvgIpc) is 3.38. The summed E-state index contributed by atoms with van der Waals surface area (Å²) >= 11 is 6.36. The second kappa shape index (κ2) is 9.38. The molecule has 1 saturated heterocycles. The number of rotatable bonds is 5. The first-order valence-electron chi connectivity index (χ1n) is 12.1. The first-order valence-corrected chi connectivity index (χ1v) is 13.9. The van der Waals surface area contributed by atoms with Crippen LogP contribution in [0.2, 0.25) is 5.02 Å². The summed E-state index contributed by atoms with van der Waals surface area (Å²) in [6.45, 7) is 4.31. The summed E-state index contributed by atoms with van der Waals surface area (Å²) in [6, 6.07) is 21.1.